The Balaban J connectivity index is 0.000000399. The summed E-state index contributed by atoms with van der Waals surface area (Å²) in [5.41, 5.74) is 1.27. The lowest BCUT2D eigenvalue weighted by Crippen LogP contribution is -2.01. The van der Waals surface area contributed by atoms with Gasteiger partial charge in [0.25, 0.3) is 0 Å². The van der Waals surface area contributed by atoms with Crippen molar-refractivity contribution in [2.24, 2.45) is 0 Å². The van der Waals surface area contributed by atoms with Crippen molar-refractivity contribution < 1.29 is 9.00 Å². The Morgan fingerprint density at radius 3 is 2.21 bits per heavy atom. The van der Waals surface area contributed by atoms with E-state index in [9.17, 15) is 4.79 Å². The highest BCUT2D eigenvalue weighted by Gasteiger charge is 2.08. The quantitative estimate of drug-likeness (QED) is 0.581. The highest BCUT2D eigenvalue weighted by atomic mass is 79.9. The highest BCUT2D eigenvalue weighted by Crippen LogP contribution is 2.13. The average molecular weight is 381 g/mol. The number of hydrogen-bond acceptors (Lipinski definition) is 3. The summed E-state index contributed by atoms with van der Waals surface area (Å²) in [6.07, 6.45) is 3.22. The van der Waals surface area contributed by atoms with Crippen LogP contribution in [-0.2, 0) is 9.23 Å². The molecule has 1 aromatic heterocycles. The largest absolute Gasteiger partial charge is 0.289 e. The summed E-state index contributed by atoms with van der Waals surface area (Å²) < 4.78 is 9.90. The smallest absolute Gasteiger partial charge is 0.211 e. The lowest BCUT2D eigenvalue weighted by molar-refractivity contribution is 0.103. The molecule has 0 radical (unpaired) electrons. The summed E-state index contributed by atoms with van der Waals surface area (Å²) >= 11 is 3.29. The number of aromatic nitrogens is 1. The second-order valence-corrected chi connectivity index (χ2v) is 6.71. The zero-order valence-electron chi connectivity index (χ0n) is 9.42. The summed E-state index contributed by atoms with van der Waals surface area (Å²) in [4.78, 5) is 15.9. The van der Waals surface area contributed by atoms with Gasteiger partial charge in [0.1, 0.15) is 0 Å². The molecule has 0 fully saturated rings. The minimum atomic E-state index is -1.67. The summed E-state index contributed by atoms with van der Waals surface area (Å²) in [7, 11) is 7.36. The molecule has 19 heavy (non-hydrogen) atoms. The van der Waals surface area contributed by atoms with E-state index in [4.69, 9.17) is 4.21 Å². The van der Waals surface area contributed by atoms with Crippen molar-refractivity contribution in [1.82, 2.24) is 4.98 Å². The van der Waals surface area contributed by atoms with Crippen LogP contribution in [0.5, 0.6) is 0 Å². The topological polar surface area (TPSA) is 47.0 Å². The molecule has 7 heteroatoms. The van der Waals surface area contributed by atoms with Crippen LogP contribution < -0.4 is 0 Å². The van der Waals surface area contributed by atoms with E-state index < -0.39 is 9.23 Å². The number of carbonyl (C=O) groups is 1. The second-order valence-electron chi connectivity index (χ2n) is 3.27. The van der Waals surface area contributed by atoms with E-state index in [1.54, 1.807) is 30.6 Å². The van der Waals surface area contributed by atoms with Gasteiger partial charge in [-0.05, 0) is 22.0 Å². The van der Waals surface area contributed by atoms with Crippen molar-refractivity contribution in [1.29, 1.82) is 0 Å². The summed E-state index contributed by atoms with van der Waals surface area (Å²) in [5.74, 6) is -0.00981. The van der Waals surface area contributed by atoms with Gasteiger partial charge in [0.15, 0.2) is 5.78 Å². The maximum Gasteiger partial charge on any atom is 0.211 e. The van der Waals surface area contributed by atoms with Gasteiger partial charge in [0, 0.05) is 49.4 Å². The first-order valence-electron chi connectivity index (χ1n) is 4.95. The minimum Gasteiger partial charge on any atom is -0.289 e. The Bertz CT molecular complexity index is 577. The molecule has 0 saturated heterocycles. The molecule has 0 amide bonds. The molecule has 3 nitrogen and oxygen atoms in total. The Labute approximate surface area is 130 Å². The van der Waals surface area contributed by atoms with Gasteiger partial charge in [-0.3, -0.25) is 9.78 Å². The van der Waals surface area contributed by atoms with Gasteiger partial charge in [0.05, 0.1) is 0 Å². The Hall–Kier alpha value is -0.750. The van der Waals surface area contributed by atoms with E-state index in [0.717, 1.165) is 4.47 Å². The SMILES string of the molecule is O=C(c1ccccc1)c1cncc(Br)c1.O=S(Cl)Cl. The van der Waals surface area contributed by atoms with E-state index in [1.165, 1.54) is 0 Å². The van der Waals surface area contributed by atoms with Gasteiger partial charge < -0.3 is 0 Å². The molecule has 0 unspecified atom stereocenters. The molecule has 0 spiro atoms. The predicted octanol–water partition coefficient (Wildman–Crippen LogP) is 4.12. The number of pyridine rings is 1. The lowest BCUT2D eigenvalue weighted by Gasteiger charge is -2.00. The van der Waals surface area contributed by atoms with Crippen molar-refractivity contribution in [3.05, 3.63) is 64.4 Å². The van der Waals surface area contributed by atoms with Crippen LogP contribution in [-0.4, -0.2) is 15.0 Å². The van der Waals surface area contributed by atoms with Crippen molar-refractivity contribution >= 4 is 52.3 Å². The second kappa shape index (κ2) is 8.43. The van der Waals surface area contributed by atoms with Crippen LogP contribution in [0.4, 0.5) is 0 Å². The van der Waals surface area contributed by atoms with Gasteiger partial charge in [-0.25, -0.2) is 4.21 Å². The first-order valence-corrected chi connectivity index (χ1v) is 8.55. The molecular formula is C12H8BrCl2NO2S. The molecule has 0 N–H and O–H groups in total. The number of nitrogens with zero attached hydrogens (tertiary/aromatic N) is 1. The number of benzene rings is 1. The lowest BCUT2D eigenvalue weighted by atomic mass is 10.1. The zero-order chi connectivity index (χ0) is 14.3. The van der Waals surface area contributed by atoms with Crippen LogP contribution in [0, 0.1) is 0 Å². The van der Waals surface area contributed by atoms with Crippen molar-refractivity contribution in [2.45, 2.75) is 0 Å². The number of ketones is 1. The van der Waals surface area contributed by atoms with Crippen molar-refractivity contribution in [2.75, 3.05) is 0 Å². The normalized spacial score (nSPS) is 9.68. The van der Waals surface area contributed by atoms with Crippen LogP contribution in [0.15, 0.2) is 53.3 Å². The Kier molecular flexibility index (Phi) is 7.23. The first-order chi connectivity index (χ1) is 9.00. The minimum absolute atomic E-state index is 0.00981. The molecule has 100 valence electrons. The van der Waals surface area contributed by atoms with Gasteiger partial charge in [-0.2, -0.15) is 0 Å². The predicted molar refractivity (Wildman–Crippen MR) is 81.7 cm³/mol. The molecule has 1 heterocycles. The number of rotatable bonds is 2. The van der Waals surface area contributed by atoms with Gasteiger partial charge in [0.2, 0.25) is 9.23 Å². The van der Waals surface area contributed by atoms with E-state index in [1.807, 2.05) is 18.2 Å². The Morgan fingerprint density at radius 1 is 1.11 bits per heavy atom. The van der Waals surface area contributed by atoms with Crippen LogP contribution in [0.1, 0.15) is 15.9 Å². The molecule has 0 aliphatic heterocycles. The number of halogens is 3. The maximum atomic E-state index is 11.9. The monoisotopic (exact) mass is 379 g/mol. The van der Waals surface area contributed by atoms with Crippen LogP contribution >= 0.6 is 37.3 Å². The zero-order valence-corrected chi connectivity index (χ0v) is 13.3. The van der Waals surface area contributed by atoms with E-state index in [0.29, 0.717) is 11.1 Å². The summed E-state index contributed by atoms with van der Waals surface area (Å²) in [6, 6.07) is 10.9. The molecule has 2 rings (SSSR count). The molecule has 0 bridgehead atoms. The van der Waals surface area contributed by atoms with E-state index in [2.05, 4.69) is 42.3 Å². The van der Waals surface area contributed by atoms with Gasteiger partial charge >= 0.3 is 0 Å². The molecular weight excluding hydrogens is 373 g/mol. The third-order valence-electron chi connectivity index (χ3n) is 2.00. The summed E-state index contributed by atoms with van der Waals surface area (Å²) in [6.45, 7) is 0. The standard InChI is InChI=1S/C12H8BrNO.Cl2OS/c13-11-6-10(7-14-8-11)12(15)9-4-2-1-3-5-9;1-4(2)3/h1-8H;. The number of carbonyl (C=O) groups excluding carboxylic acids is 1. The van der Waals surface area contributed by atoms with Crippen molar-refractivity contribution in [3.63, 3.8) is 0 Å². The number of hydrogen-bond donors (Lipinski definition) is 0. The fourth-order valence-corrected chi connectivity index (χ4v) is 1.66. The molecule has 0 aliphatic rings. The van der Waals surface area contributed by atoms with Crippen LogP contribution in [0.25, 0.3) is 0 Å². The van der Waals surface area contributed by atoms with Crippen LogP contribution in [0.3, 0.4) is 0 Å². The van der Waals surface area contributed by atoms with E-state index >= 15 is 0 Å². The fourth-order valence-electron chi connectivity index (χ4n) is 1.29. The van der Waals surface area contributed by atoms with Crippen molar-refractivity contribution in [3.8, 4) is 0 Å². The third-order valence-corrected chi connectivity index (χ3v) is 2.44. The highest BCUT2D eigenvalue weighted by molar-refractivity contribution is 9.10. The molecule has 0 saturated carbocycles. The molecule has 2 aromatic rings. The molecule has 0 atom stereocenters. The van der Waals surface area contributed by atoms with Gasteiger partial charge in [-0.1, -0.05) is 30.3 Å². The molecule has 1 aromatic carbocycles. The molecule has 0 aliphatic carbocycles. The first kappa shape index (κ1) is 16.3. The average Bonchev–Trinajstić information content (AvgIpc) is 2.38. The summed E-state index contributed by atoms with van der Waals surface area (Å²) in [5, 5.41) is 0. The fraction of sp³-hybridized carbons (Fsp3) is 0. The van der Waals surface area contributed by atoms with Crippen LogP contribution in [0.2, 0.25) is 0 Å². The van der Waals surface area contributed by atoms with E-state index in [-0.39, 0.29) is 5.78 Å². The Morgan fingerprint density at radius 2 is 1.68 bits per heavy atom. The third kappa shape index (κ3) is 6.29. The van der Waals surface area contributed by atoms with Gasteiger partial charge in [-0.15, -0.1) is 0 Å². The maximum absolute atomic E-state index is 11.9.